The van der Waals surface area contributed by atoms with E-state index in [1.807, 2.05) is 0 Å². The summed E-state index contributed by atoms with van der Waals surface area (Å²) in [5, 5.41) is 8.57. The quantitative estimate of drug-likeness (QED) is 0.745. The average Bonchev–Trinajstić information content (AvgIpc) is 2.42. The SMILES string of the molecule is CC(OCC1CCCCO1)C(=O)N(C)CCC(=O)O. The second kappa shape index (κ2) is 8.12. The minimum absolute atomic E-state index is 0.0549. The molecule has 1 N–H and O–H groups in total. The van der Waals surface area contributed by atoms with Crippen molar-refractivity contribution >= 4 is 11.9 Å². The van der Waals surface area contributed by atoms with E-state index < -0.39 is 12.1 Å². The first kappa shape index (κ1) is 15.9. The van der Waals surface area contributed by atoms with Gasteiger partial charge in [-0.1, -0.05) is 0 Å². The Morgan fingerprint density at radius 1 is 1.47 bits per heavy atom. The summed E-state index contributed by atoms with van der Waals surface area (Å²) in [6, 6.07) is 0. The number of rotatable bonds is 7. The Morgan fingerprint density at radius 2 is 2.21 bits per heavy atom. The van der Waals surface area contributed by atoms with Crippen molar-refractivity contribution in [3.8, 4) is 0 Å². The molecule has 0 aromatic rings. The second-order valence-corrected chi connectivity index (χ2v) is 4.87. The molecular weight excluding hydrogens is 250 g/mol. The molecule has 1 aliphatic heterocycles. The van der Waals surface area contributed by atoms with Gasteiger partial charge in [-0.2, -0.15) is 0 Å². The lowest BCUT2D eigenvalue weighted by molar-refractivity contribution is -0.145. The Labute approximate surface area is 113 Å². The van der Waals surface area contributed by atoms with Crippen molar-refractivity contribution in [2.24, 2.45) is 0 Å². The largest absolute Gasteiger partial charge is 0.481 e. The standard InChI is InChI=1S/C13H23NO5/c1-10(13(17)14(2)7-6-12(15)16)19-9-11-5-3-4-8-18-11/h10-11H,3-9H2,1-2H3,(H,15,16). The summed E-state index contributed by atoms with van der Waals surface area (Å²) >= 11 is 0. The third-order valence-corrected chi connectivity index (χ3v) is 3.19. The third-order valence-electron chi connectivity index (χ3n) is 3.19. The lowest BCUT2D eigenvalue weighted by Crippen LogP contribution is -2.39. The molecule has 0 spiro atoms. The number of aliphatic carboxylic acids is 1. The number of hydrogen-bond acceptors (Lipinski definition) is 4. The number of nitrogens with zero attached hydrogens (tertiary/aromatic N) is 1. The zero-order chi connectivity index (χ0) is 14.3. The van der Waals surface area contributed by atoms with Gasteiger partial charge >= 0.3 is 5.97 Å². The van der Waals surface area contributed by atoms with Crippen LogP contribution in [0.2, 0.25) is 0 Å². The molecule has 6 nitrogen and oxygen atoms in total. The van der Waals surface area contributed by atoms with Gasteiger partial charge in [0.1, 0.15) is 6.10 Å². The highest BCUT2D eigenvalue weighted by Crippen LogP contribution is 2.13. The Bertz CT molecular complexity index is 301. The fraction of sp³-hybridized carbons (Fsp3) is 0.846. The molecule has 1 aliphatic rings. The van der Waals surface area contributed by atoms with Gasteiger partial charge in [-0.3, -0.25) is 9.59 Å². The highest BCUT2D eigenvalue weighted by Gasteiger charge is 2.21. The second-order valence-electron chi connectivity index (χ2n) is 4.87. The number of likely N-dealkylation sites (N-methyl/N-ethyl adjacent to an activating group) is 1. The van der Waals surface area contributed by atoms with E-state index in [9.17, 15) is 9.59 Å². The molecule has 110 valence electrons. The molecular formula is C13H23NO5. The number of ether oxygens (including phenoxy) is 2. The lowest BCUT2D eigenvalue weighted by atomic mass is 10.1. The molecule has 1 amide bonds. The van der Waals surface area contributed by atoms with Crippen molar-refractivity contribution in [3.05, 3.63) is 0 Å². The maximum absolute atomic E-state index is 11.9. The predicted molar refractivity (Wildman–Crippen MR) is 68.9 cm³/mol. The summed E-state index contributed by atoms with van der Waals surface area (Å²) in [6.07, 6.45) is 2.64. The van der Waals surface area contributed by atoms with E-state index >= 15 is 0 Å². The predicted octanol–water partition coefficient (Wildman–Crippen LogP) is 0.894. The molecule has 0 aromatic carbocycles. The number of carboxylic acids is 1. The van der Waals surface area contributed by atoms with Crippen LogP contribution in [0.1, 0.15) is 32.6 Å². The van der Waals surface area contributed by atoms with E-state index in [0.29, 0.717) is 6.61 Å². The maximum Gasteiger partial charge on any atom is 0.305 e. The van der Waals surface area contributed by atoms with Crippen LogP contribution >= 0.6 is 0 Å². The molecule has 1 heterocycles. The highest BCUT2D eigenvalue weighted by molar-refractivity contribution is 5.80. The molecule has 1 saturated heterocycles. The first-order chi connectivity index (χ1) is 9.00. The van der Waals surface area contributed by atoms with Crippen LogP contribution in [0.25, 0.3) is 0 Å². The minimum Gasteiger partial charge on any atom is -0.481 e. The fourth-order valence-electron chi connectivity index (χ4n) is 1.95. The van der Waals surface area contributed by atoms with Crippen LogP contribution in [0.15, 0.2) is 0 Å². The molecule has 2 atom stereocenters. The molecule has 0 radical (unpaired) electrons. The van der Waals surface area contributed by atoms with Gasteiger partial charge in [-0.25, -0.2) is 0 Å². The molecule has 0 bridgehead atoms. The highest BCUT2D eigenvalue weighted by atomic mass is 16.5. The molecule has 0 saturated carbocycles. The summed E-state index contributed by atoms with van der Waals surface area (Å²) in [4.78, 5) is 23.7. The van der Waals surface area contributed by atoms with Crippen molar-refractivity contribution in [2.75, 3.05) is 26.8 Å². The van der Waals surface area contributed by atoms with Crippen LogP contribution < -0.4 is 0 Å². The van der Waals surface area contributed by atoms with Gasteiger partial charge in [0.2, 0.25) is 0 Å². The summed E-state index contributed by atoms with van der Waals surface area (Å²) < 4.78 is 11.0. The van der Waals surface area contributed by atoms with E-state index in [2.05, 4.69) is 0 Å². The van der Waals surface area contributed by atoms with Crippen molar-refractivity contribution in [1.82, 2.24) is 4.90 Å². The van der Waals surface area contributed by atoms with Crippen LogP contribution in [-0.4, -0.2) is 60.9 Å². The van der Waals surface area contributed by atoms with Crippen molar-refractivity contribution < 1.29 is 24.2 Å². The summed E-state index contributed by atoms with van der Waals surface area (Å²) in [5.74, 6) is -1.11. The summed E-state index contributed by atoms with van der Waals surface area (Å²) in [6.45, 7) is 3.05. The average molecular weight is 273 g/mol. The van der Waals surface area contributed by atoms with E-state index in [1.54, 1.807) is 14.0 Å². The number of carbonyl (C=O) groups is 2. The Balaban J connectivity index is 2.24. The van der Waals surface area contributed by atoms with Gasteiger partial charge in [0.15, 0.2) is 0 Å². The van der Waals surface area contributed by atoms with Gasteiger partial charge in [0, 0.05) is 20.2 Å². The van der Waals surface area contributed by atoms with Crippen molar-refractivity contribution in [2.45, 2.75) is 44.8 Å². The van der Waals surface area contributed by atoms with E-state index in [0.717, 1.165) is 25.9 Å². The van der Waals surface area contributed by atoms with Gasteiger partial charge in [0.25, 0.3) is 5.91 Å². The van der Waals surface area contributed by atoms with Crippen LogP contribution in [-0.2, 0) is 19.1 Å². The van der Waals surface area contributed by atoms with Gasteiger partial charge in [-0.15, -0.1) is 0 Å². The molecule has 0 aromatic heterocycles. The number of hydrogen-bond donors (Lipinski definition) is 1. The summed E-state index contributed by atoms with van der Waals surface area (Å²) in [7, 11) is 1.59. The zero-order valence-corrected chi connectivity index (χ0v) is 11.6. The molecule has 6 heteroatoms. The maximum atomic E-state index is 11.9. The van der Waals surface area contributed by atoms with Crippen LogP contribution in [0, 0.1) is 0 Å². The van der Waals surface area contributed by atoms with Crippen LogP contribution in [0.4, 0.5) is 0 Å². The molecule has 19 heavy (non-hydrogen) atoms. The Morgan fingerprint density at radius 3 is 2.79 bits per heavy atom. The normalized spacial score (nSPS) is 20.8. The Kier molecular flexibility index (Phi) is 6.80. The monoisotopic (exact) mass is 273 g/mol. The van der Waals surface area contributed by atoms with Gasteiger partial charge in [-0.05, 0) is 26.2 Å². The smallest absolute Gasteiger partial charge is 0.305 e. The topological polar surface area (TPSA) is 76.1 Å². The van der Waals surface area contributed by atoms with Gasteiger partial charge < -0.3 is 19.5 Å². The van der Waals surface area contributed by atoms with E-state index in [1.165, 1.54) is 4.90 Å². The summed E-state index contributed by atoms with van der Waals surface area (Å²) in [5.41, 5.74) is 0. The molecule has 0 aliphatic carbocycles. The number of carbonyl (C=O) groups excluding carboxylic acids is 1. The number of carboxylic acid groups (broad SMARTS) is 1. The van der Waals surface area contributed by atoms with Crippen molar-refractivity contribution in [3.63, 3.8) is 0 Å². The first-order valence-electron chi connectivity index (χ1n) is 6.70. The lowest BCUT2D eigenvalue weighted by Gasteiger charge is -2.25. The van der Waals surface area contributed by atoms with E-state index in [-0.39, 0.29) is 25.0 Å². The van der Waals surface area contributed by atoms with Crippen LogP contribution in [0.5, 0.6) is 0 Å². The third kappa shape index (κ3) is 6.02. The first-order valence-corrected chi connectivity index (χ1v) is 6.70. The fourth-order valence-corrected chi connectivity index (χ4v) is 1.95. The zero-order valence-electron chi connectivity index (χ0n) is 11.6. The van der Waals surface area contributed by atoms with Crippen LogP contribution in [0.3, 0.4) is 0 Å². The van der Waals surface area contributed by atoms with Gasteiger partial charge in [0.05, 0.1) is 19.1 Å². The number of amides is 1. The van der Waals surface area contributed by atoms with E-state index in [4.69, 9.17) is 14.6 Å². The Hall–Kier alpha value is -1.14. The molecule has 2 unspecified atom stereocenters. The molecule has 1 rings (SSSR count). The molecule has 1 fully saturated rings. The minimum atomic E-state index is -0.913. The van der Waals surface area contributed by atoms with Crippen molar-refractivity contribution in [1.29, 1.82) is 0 Å².